The molecule has 0 saturated carbocycles. The van der Waals surface area contributed by atoms with Crippen molar-refractivity contribution in [3.05, 3.63) is 86.2 Å². The van der Waals surface area contributed by atoms with Crippen molar-refractivity contribution in [2.45, 2.75) is 19.9 Å². The van der Waals surface area contributed by atoms with Crippen LogP contribution < -0.4 is 10.5 Å². The van der Waals surface area contributed by atoms with Crippen molar-refractivity contribution in [2.24, 2.45) is 0 Å². The van der Waals surface area contributed by atoms with Gasteiger partial charge in [0.05, 0.1) is 11.1 Å². The molecule has 0 N–H and O–H groups in total. The summed E-state index contributed by atoms with van der Waals surface area (Å²) in [5.41, 5.74) is 3.34. The van der Waals surface area contributed by atoms with Gasteiger partial charge in [-0.1, -0.05) is 18.2 Å². The molecule has 1 aromatic heterocycles. The molecular weight excluding hydrogens is 451 g/mol. The summed E-state index contributed by atoms with van der Waals surface area (Å²) in [6.07, 6.45) is 2.43. The quantitative estimate of drug-likeness (QED) is 0.402. The highest BCUT2D eigenvalue weighted by Gasteiger charge is 2.20. The van der Waals surface area contributed by atoms with Gasteiger partial charge in [-0.05, 0) is 71.8 Å². The highest BCUT2D eigenvalue weighted by atomic mass is 127. The predicted octanol–water partition coefficient (Wildman–Crippen LogP) is 4.63. The number of carbonyl (C=O) groups excluding carboxylic acids is 1. The van der Waals surface area contributed by atoms with E-state index in [0.29, 0.717) is 18.5 Å². The summed E-state index contributed by atoms with van der Waals surface area (Å²) in [4.78, 5) is 26.9. The third-order valence-electron chi connectivity index (χ3n) is 4.69. The zero-order valence-electron chi connectivity index (χ0n) is 15.4. The van der Waals surface area contributed by atoms with E-state index < -0.39 is 0 Å². The number of hydrogen-bond acceptors (Lipinski definition) is 2. The SMILES string of the molecule is C=CCc1c(N(C)C(=O)c2ccccc2I)ccc2c1ccc(=O)n2CC. The van der Waals surface area contributed by atoms with Crippen LogP contribution in [0.2, 0.25) is 0 Å². The molecule has 4 nitrogen and oxygen atoms in total. The van der Waals surface area contributed by atoms with Crippen LogP contribution in [0.3, 0.4) is 0 Å². The van der Waals surface area contributed by atoms with Crippen molar-refractivity contribution in [3.8, 4) is 0 Å². The Labute approximate surface area is 172 Å². The molecular formula is C22H21IN2O2. The first-order valence-electron chi connectivity index (χ1n) is 8.78. The number of hydrogen-bond donors (Lipinski definition) is 0. The second-order valence-electron chi connectivity index (χ2n) is 6.25. The fourth-order valence-electron chi connectivity index (χ4n) is 3.35. The first-order valence-corrected chi connectivity index (χ1v) is 9.86. The lowest BCUT2D eigenvalue weighted by molar-refractivity contribution is 0.0992. The van der Waals surface area contributed by atoms with Gasteiger partial charge in [0, 0.05) is 34.3 Å². The van der Waals surface area contributed by atoms with Crippen molar-refractivity contribution in [1.29, 1.82) is 0 Å². The number of aryl methyl sites for hydroxylation is 1. The topological polar surface area (TPSA) is 42.3 Å². The number of rotatable bonds is 5. The molecule has 1 heterocycles. The fraction of sp³-hybridized carbons (Fsp3) is 0.182. The molecule has 138 valence electrons. The number of pyridine rings is 1. The molecule has 0 aliphatic heterocycles. The zero-order valence-corrected chi connectivity index (χ0v) is 17.6. The molecule has 1 amide bonds. The number of anilines is 1. The number of amides is 1. The van der Waals surface area contributed by atoms with Crippen LogP contribution in [0.1, 0.15) is 22.8 Å². The molecule has 0 aliphatic rings. The number of fused-ring (bicyclic) bond motifs is 1. The largest absolute Gasteiger partial charge is 0.311 e. The van der Waals surface area contributed by atoms with Gasteiger partial charge in [0.1, 0.15) is 0 Å². The third-order valence-corrected chi connectivity index (χ3v) is 5.63. The van der Waals surface area contributed by atoms with Gasteiger partial charge < -0.3 is 9.47 Å². The number of aromatic nitrogens is 1. The monoisotopic (exact) mass is 472 g/mol. The number of nitrogens with zero attached hydrogens (tertiary/aromatic N) is 2. The second kappa shape index (κ2) is 8.08. The van der Waals surface area contributed by atoms with Crippen LogP contribution in [-0.2, 0) is 13.0 Å². The number of benzene rings is 2. The maximum absolute atomic E-state index is 13.1. The molecule has 0 atom stereocenters. The Morgan fingerprint density at radius 2 is 1.93 bits per heavy atom. The summed E-state index contributed by atoms with van der Waals surface area (Å²) in [5.74, 6) is -0.0616. The van der Waals surface area contributed by atoms with Crippen LogP contribution in [0.5, 0.6) is 0 Å². The van der Waals surface area contributed by atoms with E-state index in [1.807, 2.05) is 55.5 Å². The summed E-state index contributed by atoms with van der Waals surface area (Å²) in [6.45, 7) is 6.42. The van der Waals surface area contributed by atoms with Crippen molar-refractivity contribution >= 4 is 45.1 Å². The Balaban J connectivity index is 2.19. The van der Waals surface area contributed by atoms with Crippen molar-refractivity contribution in [2.75, 3.05) is 11.9 Å². The van der Waals surface area contributed by atoms with E-state index in [9.17, 15) is 9.59 Å². The Hall–Kier alpha value is -2.41. The summed E-state index contributed by atoms with van der Waals surface area (Å²) >= 11 is 2.18. The van der Waals surface area contributed by atoms with E-state index in [1.165, 1.54) is 0 Å². The van der Waals surface area contributed by atoms with E-state index in [2.05, 4.69) is 29.2 Å². The van der Waals surface area contributed by atoms with E-state index in [1.54, 1.807) is 22.6 Å². The lowest BCUT2D eigenvalue weighted by Gasteiger charge is -2.23. The van der Waals surface area contributed by atoms with Crippen molar-refractivity contribution in [1.82, 2.24) is 4.57 Å². The first-order chi connectivity index (χ1) is 13.0. The van der Waals surface area contributed by atoms with Crippen LogP contribution in [-0.4, -0.2) is 17.5 Å². The lowest BCUT2D eigenvalue weighted by Crippen LogP contribution is -2.28. The average molecular weight is 472 g/mol. The van der Waals surface area contributed by atoms with E-state index in [4.69, 9.17) is 0 Å². The maximum Gasteiger partial charge on any atom is 0.259 e. The van der Waals surface area contributed by atoms with Gasteiger partial charge in [0.2, 0.25) is 0 Å². The molecule has 3 rings (SSSR count). The molecule has 0 unspecified atom stereocenters. The number of allylic oxidation sites excluding steroid dienone is 1. The van der Waals surface area contributed by atoms with Crippen LogP contribution in [0.15, 0.2) is 66.0 Å². The van der Waals surface area contributed by atoms with Gasteiger partial charge in [0.25, 0.3) is 11.5 Å². The lowest BCUT2D eigenvalue weighted by atomic mass is 10.0. The molecule has 27 heavy (non-hydrogen) atoms. The molecule has 0 fully saturated rings. The highest BCUT2D eigenvalue weighted by Crippen LogP contribution is 2.30. The van der Waals surface area contributed by atoms with E-state index in [-0.39, 0.29) is 11.5 Å². The smallest absolute Gasteiger partial charge is 0.259 e. The third kappa shape index (κ3) is 3.56. The predicted molar refractivity (Wildman–Crippen MR) is 120 cm³/mol. The van der Waals surface area contributed by atoms with Crippen LogP contribution >= 0.6 is 22.6 Å². The second-order valence-corrected chi connectivity index (χ2v) is 7.41. The number of halogens is 1. The Morgan fingerprint density at radius 3 is 2.59 bits per heavy atom. The maximum atomic E-state index is 13.1. The normalized spacial score (nSPS) is 10.8. The minimum atomic E-state index is -0.0616. The minimum Gasteiger partial charge on any atom is -0.311 e. The summed E-state index contributed by atoms with van der Waals surface area (Å²) in [7, 11) is 1.79. The molecule has 0 saturated heterocycles. The molecule has 0 spiro atoms. The Morgan fingerprint density at radius 1 is 1.19 bits per heavy atom. The van der Waals surface area contributed by atoms with Crippen LogP contribution in [0.4, 0.5) is 5.69 Å². The van der Waals surface area contributed by atoms with E-state index >= 15 is 0 Å². The van der Waals surface area contributed by atoms with E-state index in [0.717, 1.165) is 25.7 Å². The fourth-order valence-corrected chi connectivity index (χ4v) is 3.97. The summed E-state index contributed by atoms with van der Waals surface area (Å²) < 4.78 is 2.66. The van der Waals surface area contributed by atoms with Gasteiger partial charge in [-0.3, -0.25) is 9.59 Å². The summed E-state index contributed by atoms with van der Waals surface area (Å²) in [6, 6.07) is 14.8. The number of carbonyl (C=O) groups is 1. The molecule has 0 bridgehead atoms. The van der Waals surface area contributed by atoms with Gasteiger partial charge >= 0.3 is 0 Å². The molecule has 2 aromatic carbocycles. The Kier molecular flexibility index (Phi) is 5.79. The first kappa shape index (κ1) is 19.4. The molecule has 0 radical (unpaired) electrons. The Bertz CT molecular complexity index is 1090. The van der Waals surface area contributed by atoms with Crippen molar-refractivity contribution in [3.63, 3.8) is 0 Å². The zero-order chi connectivity index (χ0) is 19.6. The van der Waals surface area contributed by atoms with Gasteiger partial charge in [-0.2, -0.15) is 0 Å². The summed E-state index contributed by atoms with van der Waals surface area (Å²) in [5, 5.41) is 0.969. The standard InChI is InChI=1S/C22H21IN2O2/c1-4-8-15-16-11-14-21(26)25(5-2)20(16)13-12-19(15)24(3)22(27)17-9-6-7-10-18(17)23/h4,6-7,9-14H,1,5,8H2,2-3H3. The van der Waals surface area contributed by atoms with Crippen LogP contribution in [0.25, 0.3) is 10.9 Å². The minimum absolute atomic E-state index is 0.0226. The van der Waals surface area contributed by atoms with Gasteiger partial charge in [-0.25, -0.2) is 0 Å². The average Bonchev–Trinajstić information content (AvgIpc) is 2.67. The van der Waals surface area contributed by atoms with Gasteiger partial charge in [0.15, 0.2) is 0 Å². The highest BCUT2D eigenvalue weighted by molar-refractivity contribution is 14.1. The molecule has 0 aliphatic carbocycles. The van der Waals surface area contributed by atoms with Crippen molar-refractivity contribution < 1.29 is 4.79 Å². The molecule has 5 heteroatoms. The van der Waals surface area contributed by atoms with Crippen LogP contribution in [0, 0.1) is 3.57 Å². The molecule has 3 aromatic rings. The van der Waals surface area contributed by atoms with Gasteiger partial charge in [-0.15, -0.1) is 6.58 Å².